The van der Waals surface area contributed by atoms with Gasteiger partial charge in [-0.2, -0.15) is 11.8 Å². The zero-order valence-corrected chi connectivity index (χ0v) is 10.7. The summed E-state index contributed by atoms with van der Waals surface area (Å²) in [5.41, 5.74) is 1.92. The van der Waals surface area contributed by atoms with Gasteiger partial charge in [-0.3, -0.25) is 0 Å². The summed E-state index contributed by atoms with van der Waals surface area (Å²) in [6.07, 6.45) is 3.59. The van der Waals surface area contributed by atoms with Crippen LogP contribution in [-0.4, -0.2) is 24.1 Å². The van der Waals surface area contributed by atoms with E-state index < -0.39 is 0 Å². The summed E-state index contributed by atoms with van der Waals surface area (Å²) in [5.74, 6) is 2.59. The smallest absolute Gasteiger partial charge is 0.0166 e. The molecule has 14 heavy (non-hydrogen) atoms. The molecule has 1 atom stereocenters. The molecule has 0 bridgehead atoms. The van der Waals surface area contributed by atoms with Gasteiger partial charge < -0.3 is 5.32 Å². The molecule has 0 amide bonds. The molecule has 1 rings (SSSR count). The SMILES string of the molecule is CC(C)=CCNC1CSCC(C)(C)C1. The first kappa shape index (κ1) is 12.1. The summed E-state index contributed by atoms with van der Waals surface area (Å²) >= 11 is 2.09. The van der Waals surface area contributed by atoms with Gasteiger partial charge in [-0.25, -0.2) is 0 Å². The Labute approximate surface area is 92.7 Å². The molecule has 0 spiro atoms. The first-order valence-corrected chi connectivity index (χ1v) is 6.59. The van der Waals surface area contributed by atoms with Crippen LogP contribution in [0.4, 0.5) is 0 Å². The highest BCUT2D eigenvalue weighted by molar-refractivity contribution is 7.99. The molecule has 0 aromatic carbocycles. The van der Waals surface area contributed by atoms with Crippen molar-refractivity contribution in [2.24, 2.45) is 5.41 Å². The van der Waals surface area contributed by atoms with Crippen LogP contribution in [0.25, 0.3) is 0 Å². The van der Waals surface area contributed by atoms with Crippen molar-refractivity contribution in [2.45, 2.75) is 40.2 Å². The summed E-state index contributed by atoms with van der Waals surface area (Å²) in [4.78, 5) is 0. The Hall–Kier alpha value is 0.0500. The van der Waals surface area contributed by atoms with Gasteiger partial charge in [0.25, 0.3) is 0 Å². The predicted molar refractivity (Wildman–Crippen MR) is 66.9 cm³/mol. The van der Waals surface area contributed by atoms with Gasteiger partial charge in [0.2, 0.25) is 0 Å². The largest absolute Gasteiger partial charge is 0.310 e. The molecule has 0 aliphatic carbocycles. The fraction of sp³-hybridized carbons (Fsp3) is 0.833. The van der Waals surface area contributed by atoms with E-state index in [1.807, 2.05) is 0 Å². The van der Waals surface area contributed by atoms with Gasteiger partial charge >= 0.3 is 0 Å². The maximum atomic E-state index is 3.61. The van der Waals surface area contributed by atoms with Crippen molar-refractivity contribution < 1.29 is 0 Å². The monoisotopic (exact) mass is 213 g/mol. The summed E-state index contributed by atoms with van der Waals surface area (Å²) in [6, 6.07) is 0.708. The van der Waals surface area contributed by atoms with E-state index in [1.165, 1.54) is 23.5 Å². The summed E-state index contributed by atoms with van der Waals surface area (Å²) in [5, 5.41) is 3.61. The van der Waals surface area contributed by atoms with Crippen LogP contribution >= 0.6 is 11.8 Å². The van der Waals surface area contributed by atoms with Crippen LogP contribution in [0, 0.1) is 5.41 Å². The van der Waals surface area contributed by atoms with Gasteiger partial charge in [0, 0.05) is 18.3 Å². The van der Waals surface area contributed by atoms with Crippen LogP contribution in [0.3, 0.4) is 0 Å². The third-order valence-electron chi connectivity index (χ3n) is 2.53. The lowest BCUT2D eigenvalue weighted by Crippen LogP contribution is -2.40. The summed E-state index contributed by atoms with van der Waals surface area (Å²) < 4.78 is 0. The van der Waals surface area contributed by atoms with E-state index in [0.717, 1.165) is 6.54 Å². The molecule has 1 nitrogen and oxygen atoms in total. The first-order valence-electron chi connectivity index (χ1n) is 5.44. The summed E-state index contributed by atoms with van der Waals surface area (Å²) in [6.45, 7) is 10.1. The number of thioether (sulfide) groups is 1. The first-order chi connectivity index (χ1) is 6.49. The van der Waals surface area contributed by atoms with Gasteiger partial charge in [-0.15, -0.1) is 0 Å². The molecule has 1 aliphatic rings. The second kappa shape index (κ2) is 5.22. The third-order valence-corrected chi connectivity index (χ3v) is 4.15. The van der Waals surface area contributed by atoms with E-state index in [2.05, 4.69) is 50.8 Å². The van der Waals surface area contributed by atoms with Crippen molar-refractivity contribution in [3.05, 3.63) is 11.6 Å². The molecular formula is C12H23NS. The number of nitrogens with one attached hydrogen (secondary N) is 1. The Balaban J connectivity index is 2.28. The quantitative estimate of drug-likeness (QED) is 0.723. The summed E-state index contributed by atoms with van der Waals surface area (Å²) in [7, 11) is 0. The van der Waals surface area contributed by atoms with Gasteiger partial charge in [0.1, 0.15) is 0 Å². The van der Waals surface area contributed by atoms with Crippen molar-refractivity contribution in [1.82, 2.24) is 5.32 Å². The van der Waals surface area contributed by atoms with Crippen LogP contribution in [0.1, 0.15) is 34.1 Å². The molecule has 1 N–H and O–H groups in total. The highest BCUT2D eigenvalue weighted by Crippen LogP contribution is 2.33. The van der Waals surface area contributed by atoms with E-state index >= 15 is 0 Å². The molecule has 0 aromatic rings. The Bertz CT molecular complexity index is 204. The standard InChI is InChI=1S/C12H23NS/c1-10(2)5-6-13-11-7-12(3,4)9-14-8-11/h5,11,13H,6-9H2,1-4H3. The zero-order valence-electron chi connectivity index (χ0n) is 9.89. The van der Waals surface area contributed by atoms with Crippen LogP contribution in [0.15, 0.2) is 11.6 Å². The van der Waals surface area contributed by atoms with E-state index in [9.17, 15) is 0 Å². The van der Waals surface area contributed by atoms with Crippen molar-refractivity contribution in [3.63, 3.8) is 0 Å². The number of hydrogen-bond donors (Lipinski definition) is 1. The molecule has 0 saturated carbocycles. The number of allylic oxidation sites excluding steroid dienone is 1. The molecule has 1 fully saturated rings. The van der Waals surface area contributed by atoms with Crippen molar-refractivity contribution in [1.29, 1.82) is 0 Å². The molecule has 1 unspecified atom stereocenters. The average molecular weight is 213 g/mol. The molecule has 82 valence electrons. The molecule has 2 heteroatoms. The van der Waals surface area contributed by atoms with Crippen molar-refractivity contribution in [2.75, 3.05) is 18.1 Å². The van der Waals surface area contributed by atoms with Crippen LogP contribution in [0.5, 0.6) is 0 Å². The number of rotatable bonds is 3. The minimum atomic E-state index is 0.519. The van der Waals surface area contributed by atoms with Crippen LogP contribution in [-0.2, 0) is 0 Å². The van der Waals surface area contributed by atoms with Crippen LogP contribution in [0.2, 0.25) is 0 Å². The third kappa shape index (κ3) is 4.52. The lowest BCUT2D eigenvalue weighted by molar-refractivity contribution is 0.323. The average Bonchev–Trinajstić information content (AvgIpc) is 2.01. The molecule has 1 saturated heterocycles. The van der Waals surface area contributed by atoms with E-state index in [1.54, 1.807) is 0 Å². The van der Waals surface area contributed by atoms with Gasteiger partial charge in [0.05, 0.1) is 0 Å². The fourth-order valence-corrected chi connectivity index (χ4v) is 3.13. The van der Waals surface area contributed by atoms with Gasteiger partial charge in [-0.1, -0.05) is 25.5 Å². The second-order valence-corrected chi connectivity index (χ2v) is 6.30. The lowest BCUT2D eigenvalue weighted by Gasteiger charge is -2.35. The topological polar surface area (TPSA) is 12.0 Å². The molecular weight excluding hydrogens is 190 g/mol. The van der Waals surface area contributed by atoms with E-state index in [4.69, 9.17) is 0 Å². The molecule has 0 radical (unpaired) electrons. The molecule has 1 aliphatic heterocycles. The van der Waals surface area contributed by atoms with Crippen molar-refractivity contribution in [3.8, 4) is 0 Å². The highest BCUT2D eigenvalue weighted by Gasteiger charge is 2.27. The maximum absolute atomic E-state index is 3.61. The van der Waals surface area contributed by atoms with Crippen LogP contribution < -0.4 is 5.32 Å². The van der Waals surface area contributed by atoms with E-state index in [0.29, 0.717) is 11.5 Å². The Kier molecular flexibility index (Phi) is 4.52. The minimum Gasteiger partial charge on any atom is -0.310 e. The number of hydrogen-bond acceptors (Lipinski definition) is 2. The Morgan fingerprint density at radius 2 is 2.21 bits per heavy atom. The molecule has 1 heterocycles. The zero-order chi connectivity index (χ0) is 10.6. The van der Waals surface area contributed by atoms with Gasteiger partial charge in [-0.05, 0) is 31.4 Å². The normalized spacial score (nSPS) is 25.9. The predicted octanol–water partition coefficient (Wildman–Crippen LogP) is 3.07. The second-order valence-electron chi connectivity index (χ2n) is 5.27. The maximum Gasteiger partial charge on any atom is 0.0166 e. The Morgan fingerprint density at radius 1 is 1.50 bits per heavy atom. The molecule has 0 aromatic heterocycles. The minimum absolute atomic E-state index is 0.519. The van der Waals surface area contributed by atoms with Gasteiger partial charge in [0.15, 0.2) is 0 Å². The highest BCUT2D eigenvalue weighted by atomic mass is 32.2. The Morgan fingerprint density at radius 3 is 2.79 bits per heavy atom. The fourth-order valence-electron chi connectivity index (χ4n) is 1.82. The van der Waals surface area contributed by atoms with Crippen molar-refractivity contribution >= 4 is 11.8 Å². The lowest BCUT2D eigenvalue weighted by atomic mass is 9.88. The van der Waals surface area contributed by atoms with E-state index in [-0.39, 0.29) is 0 Å².